The number of hydrogen-bond donors (Lipinski definition) is 0. The number of thioether (sulfide) groups is 1. The summed E-state index contributed by atoms with van der Waals surface area (Å²) in [6.07, 6.45) is 7.25. The molecule has 0 unspecified atom stereocenters. The van der Waals surface area contributed by atoms with Crippen molar-refractivity contribution in [3.05, 3.63) is 44.7 Å². The SMILES string of the molecule is CCCCN1C(=O)/C(=C/c2c(N(CCC)CCC)nc3ccc(C)cn3c2=O)SC1=S. The number of thiocarbonyl (C=S) groups is 1. The first kappa shape index (κ1) is 23.5. The number of carbonyl (C=O) groups excluding carboxylic acids is 1. The zero-order valence-electron chi connectivity index (χ0n) is 18.7. The molecule has 0 atom stereocenters. The monoisotopic (exact) mass is 458 g/mol. The van der Waals surface area contributed by atoms with E-state index in [2.05, 4.69) is 25.7 Å². The molecule has 1 amide bonds. The Morgan fingerprint density at radius 3 is 2.48 bits per heavy atom. The van der Waals surface area contributed by atoms with Gasteiger partial charge in [-0.3, -0.25) is 18.9 Å². The molecule has 0 spiro atoms. The van der Waals surface area contributed by atoms with E-state index in [9.17, 15) is 9.59 Å². The van der Waals surface area contributed by atoms with Gasteiger partial charge in [-0.25, -0.2) is 4.98 Å². The second kappa shape index (κ2) is 10.4. The Bertz CT molecular complexity index is 1070. The van der Waals surface area contributed by atoms with E-state index >= 15 is 0 Å². The van der Waals surface area contributed by atoms with Crippen molar-refractivity contribution in [2.24, 2.45) is 0 Å². The van der Waals surface area contributed by atoms with Crippen molar-refractivity contribution in [1.29, 1.82) is 0 Å². The van der Waals surface area contributed by atoms with Crippen molar-refractivity contribution in [3.63, 3.8) is 0 Å². The van der Waals surface area contributed by atoms with Crippen molar-refractivity contribution in [1.82, 2.24) is 14.3 Å². The lowest BCUT2D eigenvalue weighted by Gasteiger charge is -2.24. The Kier molecular flexibility index (Phi) is 7.89. The van der Waals surface area contributed by atoms with Crippen LogP contribution in [0.2, 0.25) is 0 Å². The van der Waals surface area contributed by atoms with Crippen molar-refractivity contribution in [2.75, 3.05) is 24.5 Å². The van der Waals surface area contributed by atoms with Gasteiger partial charge in [0.1, 0.15) is 15.8 Å². The number of aryl methyl sites for hydroxylation is 1. The highest BCUT2D eigenvalue weighted by Gasteiger charge is 2.32. The molecule has 31 heavy (non-hydrogen) atoms. The van der Waals surface area contributed by atoms with Gasteiger partial charge < -0.3 is 4.90 Å². The molecule has 166 valence electrons. The van der Waals surface area contributed by atoms with Crippen molar-refractivity contribution in [2.45, 2.75) is 53.4 Å². The fourth-order valence-corrected chi connectivity index (χ4v) is 4.91. The maximum Gasteiger partial charge on any atom is 0.267 e. The summed E-state index contributed by atoms with van der Waals surface area (Å²) in [5.74, 6) is 0.511. The molecule has 6 nitrogen and oxygen atoms in total. The average Bonchev–Trinajstić information content (AvgIpc) is 3.01. The van der Waals surface area contributed by atoms with Crippen LogP contribution >= 0.6 is 24.0 Å². The molecule has 0 saturated carbocycles. The van der Waals surface area contributed by atoms with E-state index in [4.69, 9.17) is 17.2 Å². The van der Waals surface area contributed by atoms with Crippen LogP contribution in [0.15, 0.2) is 28.0 Å². The lowest BCUT2D eigenvalue weighted by molar-refractivity contribution is -0.122. The number of nitrogens with zero attached hydrogens (tertiary/aromatic N) is 4. The van der Waals surface area contributed by atoms with Gasteiger partial charge in [0.15, 0.2) is 0 Å². The topological polar surface area (TPSA) is 57.9 Å². The van der Waals surface area contributed by atoms with E-state index in [-0.39, 0.29) is 11.5 Å². The molecule has 2 aromatic heterocycles. The molecule has 0 aliphatic carbocycles. The highest BCUT2D eigenvalue weighted by molar-refractivity contribution is 8.26. The average molecular weight is 459 g/mol. The molecular formula is C23H30N4O2S2. The van der Waals surface area contributed by atoms with Crippen molar-refractivity contribution in [3.8, 4) is 0 Å². The summed E-state index contributed by atoms with van der Waals surface area (Å²) < 4.78 is 2.12. The summed E-state index contributed by atoms with van der Waals surface area (Å²) in [5.41, 5.74) is 1.86. The minimum atomic E-state index is -0.167. The van der Waals surface area contributed by atoms with Gasteiger partial charge in [0.25, 0.3) is 11.5 Å². The van der Waals surface area contributed by atoms with E-state index in [1.54, 1.807) is 21.6 Å². The predicted molar refractivity (Wildman–Crippen MR) is 134 cm³/mol. The van der Waals surface area contributed by atoms with Gasteiger partial charge in [-0.2, -0.15) is 0 Å². The van der Waals surface area contributed by atoms with Crippen LogP contribution in [-0.2, 0) is 4.79 Å². The van der Waals surface area contributed by atoms with E-state index in [1.807, 2.05) is 19.1 Å². The van der Waals surface area contributed by atoms with Crippen LogP contribution in [0.5, 0.6) is 0 Å². The molecule has 0 radical (unpaired) electrons. The maximum atomic E-state index is 13.5. The fraction of sp³-hybridized carbons (Fsp3) is 0.478. The quantitative estimate of drug-likeness (QED) is 0.403. The van der Waals surface area contributed by atoms with E-state index in [1.165, 1.54) is 11.8 Å². The van der Waals surface area contributed by atoms with Crippen molar-refractivity contribution < 1.29 is 4.79 Å². The standard InChI is InChI=1S/C23H30N4O2S2/c1-5-8-13-26-22(29)18(31-23(26)30)14-17-20(25(11-6-2)12-7-3)24-19-10-9-16(4)15-27(19)21(17)28/h9-10,14-15H,5-8,11-13H2,1-4H3/b18-14-. The molecule has 0 N–H and O–H groups in total. The number of aromatic nitrogens is 2. The molecule has 1 aliphatic heterocycles. The first-order chi connectivity index (χ1) is 14.9. The van der Waals surface area contributed by atoms with Crippen LogP contribution in [0.4, 0.5) is 5.82 Å². The first-order valence-electron chi connectivity index (χ1n) is 10.9. The maximum absolute atomic E-state index is 13.5. The zero-order valence-corrected chi connectivity index (χ0v) is 20.3. The third-order valence-electron chi connectivity index (χ3n) is 5.16. The number of anilines is 1. The van der Waals surface area contributed by atoms with Crippen LogP contribution < -0.4 is 10.5 Å². The Morgan fingerprint density at radius 2 is 1.84 bits per heavy atom. The summed E-state index contributed by atoms with van der Waals surface area (Å²) in [5, 5.41) is 0. The second-order valence-corrected chi connectivity index (χ2v) is 9.44. The van der Waals surface area contributed by atoms with Gasteiger partial charge in [-0.05, 0) is 43.9 Å². The van der Waals surface area contributed by atoms with Gasteiger partial charge >= 0.3 is 0 Å². The summed E-state index contributed by atoms with van der Waals surface area (Å²) in [6, 6.07) is 3.82. The number of rotatable bonds is 9. The summed E-state index contributed by atoms with van der Waals surface area (Å²) >= 11 is 6.70. The van der Waals surface area contributed by atoms with Crippen LogP contribution in [0.3, 0.4) is 0 Å². The number of unbranched alkanes of at least 4 members (excludes halogenated alkanes) is 1. The molecule has 3 rings (SSSR count). The largest absolute Gasteiger partial charge is 0.356 e. The molecule has 8 heteroatoms. The third-order valence-corrected chi connectivity index (χ3v) is 6.53. The summed E-state index contributed by atoms with van der Waals surface area (Å²) in [6.45, 7) is 10.4. The van der Waals surface area contributed by atoms with Crippen LogP contribution in [0.25, 0.3) is 11.7 Å². The second-order valence-electron chi connectivity index (χ2n) is 7.76. The summed E-state index contributed by atoms with van der Waals surface area (Å²) in [7, 11) is 0. The van der Waals surface area contributed by atoms with Crippen LogP contribution in [-0.4, -0.2) is 44.1 Å². The molecule has 1 fully saturated rings. The van der Waals surface area contributed by atoms with Gasteiger partial charge in [0.05, 0.1) is 10.5 Å². The molecule has 2 aromatic rings. The predicted octanol–water partition coefficient (Wildman–Crippen LogP) is 4.63. The Labute approximate surface area is 193 Å². The number of fused-ring (bicyclic) bond motifs is 1. The number of carbonyl (C=O) groups is 1. The Balaban J connectivity index is 2.17. The smallest absolute Gasteiger partial charge is 0.267 e. The molecule has 1 saturated heterocycles. The minimum Gasteiger partial charge on any atom is -0.356 e. The van der Waals surface area contributed by atoms with E-state index in [0.717, 1.165) is 44.3 Å². The van der Waals surface area contributed by atoms with E-state index < -0.39 is 0 Å². The Morgan fingerprint density at radius 1 is 1.13 bits per heavy atom. The fourth-order valence-electron chi connectivity index (χ4n) is 3.62. The number of pyridine rings is 1. The van der Waals surface area contributed by atoms with Crippen LogP contribution in [0, 0.1) is 6.92 Å². The van der Waals surface area contributed by atoms with Gasteiger partial charge in [0.2, 0.25) is 0 Å². The first-order valence-corrected chi connectivity index (χ1v) is 12.2. The molecule has 0 bridgehead atoms. The lowest BCUT2D eigenvalue weighted by atomic mass is 10.2. The van der Waals surface area contributed by atoms with Gasteiger partial charge in [0, 0.05) is 25.8 Å². The van der Waals surface area contributed by atoms with Crippen LogP contribution in [0.1, 0.15) is 57.6 Å². The molecule has 0 aromatic carbocycles. The third kappa shape index (κ3) is 5.01. The van der Waals surface area contributed by atoms with Gasteiger partial charge in [-0.1, -0.05) is 57.2 Å². The highest BCUT2D eigenvalue weighted by atomic mass is 32.2. The Hall–Kier alpha value is -2.19. The zero-order chi connectivity index (χ0) is 22.5. The number of hydrogen-bond acceptors (Lipinski definition) is 6. The normalized spacial score (nSPS) is 15.5. The van der Waals surface area contributed by atoms with Gasteiger partial charge in [-0.15, -0.1) is 0 Å². The molecule has 3 heterocycles. The summed E-state index contributed by atoms with van der Waals surface area (Å²) in [4.78, 5) is 35.6. The molecule has 1 aliphatic rings. The van der Waals surface area contributed by atoms with Crippen molar-refractivity contribution >= 4 is 51.7 Å². The number of amides is 1. The molecular weight excluding hydrogens is 428 g/mol. The van der Waals surface area contributed by atoms with E-state index in [0.29, 0.717) is 32.8 Å². The highest BCUT2D eigenvalue weighted by Crippen LogP contribution is 2.33. The minimum absolute atomic E-state index is 0.124. The lowest BCUT2D eigenvalue weighted by Crippen LogP contribution is -2.31.